The second kappa shape index (κ2) is 10.5. The molecule has 0 spiro atoms. The summed E-state index contributed by atoms with van der Waals surface area (Å²) in [5, 5.41) is 7.50. The summed E-state index contributed by atoms with van der Waals surface area (Å²) in [7, 11) is 0. The molecular formula is C27H30N4O3. The van der Waals surface area contributed by atoms with Crippen LogP contribution >= 0.6 is 0 Å². The van der Waals surface area contributed by atoms with Gasteiger partial charge in [0.15, 0.2) is 0 Å². The number of ether oxygens (including phenoxy) is 1. The van der Waals surface area contributed by atoms with Gasteiger partial charge in [0.25, 0.3) is 5.91 Å². The van der Waals surface area contributed by atoms with E-state index in [0.717, 1.165) is 17.0 Å². The number of carbonyl (C=O) groups is 2. The van der Waals surface area contributed by atoms with Gasteiger partial charge in [-0.2, -0.15) is 5.10 Å². The zero-order valence-corrected chi connectivity index (χ0v) is 19.9. The molecule has 2 aromatic carbocycles. The van der Waals surface area contributed by atoms with Gasteiger partial charge in [0.1, 0.15) is 0 Å². The van der Waals surface area contributed by atoms with Crippen molar-refractivity contribution in [3.8, 4) is 0 Å². The van der Waals surface area contributed by atoms with Crippen LogP contribution in [0, 0.1) is 20.8 Å². The number of aromatic nitrogens is 2. The lowest BCUT2D eigenvalue weighted by molar-refractivity contribution is -0.111. The summed E-state index contributed by atoms with van der Waals surface area (Å²) < 4.78 is 7.26. The number of rotatable bonds is 6. The Labute approximate surface area is 200 Å². The standard InChI is InChI=1S/C27H30N4O3/c1-19-4-6-22(7-5-19)18-31-21(3)25(20(2)29-31)12-13-26(32)28-24-10-8-23(9-11-24)27(33)30-14-16-34-17-15-30/h4-13H,14-18H2,1-3H3,(H,28,32)/b13-12+. The maximum absolute atomic E-state index is 12.6. The predicted octanol–water partition coefficient (Wildman–Crippen LogP) is 3.98. The Morgan fingerprint density at radius 1 is 1.00 bits per heavy atom. The number of carbonyl (C=O) groups excluding carboxylic acids is 2. The molecule has 0 unspecified atom stereocenters. The van der Waals surface area contributed by atoms with Crippen LogP contribution in [0.3, 0.4) is 0 Å². The van der Waals surface area contributed by atoms with E-state index in [1.807, 2.05) is 18.5 Å². The molecule has 7 heteroatoms. The van der Waals surface area contributed by atoms with Crippen LogP contribution in [0.1, 0.15) is 38.4 Å². The van der Waals surface area contributed by atoms with Crippen molar-refractivity contribution >= 4 is 23.6 Å². The molecule has 1 saturated heterocycles. The summed E-state index contributed by atoms with van der Waals surface area (Å²) in [5.41, 5.74) is 6.46. The van der Waals surface area contributed by atoms with Crippen molar-refractivity contribution < 1.29 is 14.3 Å². The van der Waals surface area contributed by atoms with Crippen molar-refractivity contribution in [3.63, 3.8) is 0 Å². The highest BCUT2D eigenvalue weighted by Gasteiger charge is 2.18. The molecule has 7 nitrogen and oxygen atoms in total. The highest BCUT2D eigenvalue weighted by atomic mass is 16.5. The zero-order chi connectivity index (χ0) is 24.1. The Hall–Kier alpha value is -3.71. The fraction of sp³-hybridized carbons (Fsp3) is 0.296. The monoisotopic (exact) mass is 458 g/mol. The minimum Gasteiger partial charge on any atom is -0.378 e. The predicted molar refractivity (Wildman–Crippen MR) is 133 cm³/mol. The van der Waals surface area contributed by atoms with Crippen LogP contribution in [0.25, 0.3) is 6.08 Å². The maximum Gasteiger partial charge on any atom is 0.254 e. The van der Waals surface area contributed by atoms with E-state index in [-0.39, 0.29) is 11.8 Å². The van der Waals surface area contributed by atoms with Gasteiger partial charge in [0, 0.05) is 41.7 Å². The molecule has 2 heterocycles. The van der Waals surface area contributed by atoms with Gasteiger partial charge in [0.2, 0.25) is 5.91 Å². The van der Waals surface area contributed by atoms with E-state index < -0.39 is 0 Å². The van der Waals surface area contributed by atoms with Gasteiger partial charge < -0.3 is 15.0 Å². The van der Waals surface area contributed by atoms with Gasteiger partial charge in [-0.15, -0.1) is 0 Å². The lowest BCUT2D eigenvalue weighted by atomic mass is 10.1. The largest absolute Gasteiger partial charge is 0.378 e. The first kappa shape index (κ1) is 23.4. The topological polar surface area (TPSA) is 76.5 Å². The van der Waals surface area contributed by atoms with E-state index in [1.54, 1.807) is 35.2 Å². The molecule has 34 heavy (non-hydrogen) atoms. The van der Waals surface area contributed by atoms with Crippen molar-refractivity contribution in [1.29, 1.82) is 0 Å². The SMILES string of the molecule is Cc1ccc(Cn2nc(C)c(/C=C/C(=O)Nc3ccc(C(=O)N4CCOCC4)cc3)c2C)cc1. The number of hydrogen-bond donors (Lipinski definition) is 1. The Morgan fingerprint density at radius 2 is 1.68 bits per heavy atom. The van der Waals surface area contributed by atoms with Crippen LogP contribution in [0.2, 0.25) is 0 Å². The van der Waals surface area contributed by atoms with Gasteiger partial charge in [-0.3, -0.25) is 14.3 Å². The lowest BCUT2D eigenvalue weighted by Gasteiger charge is -2.26. The summed E-state index contributed by atoms with van der Waals surface area (Å²) in [6, 6.07) is 15.4. The molecule has 0 aliphatic carbocycles. The number of aryl methyl sites for hydroxylation is 2. The molecule has 176 valence electrons. The minimum atomic E-state index is -0.239. The average molecular weight is 459 g/mol. The molecule has 0 bridgehead atoms. The molecule has 3 aromatic rings. The third-order valence-electron chi connectivity index (χ3n) is 5.99. The van der Waals surface area contributed by atoms with Crippen molar-refractivity contribution in [1.82, 2.24) is 14.7 Å². The molecule has 4 rings (SSSR count). The molecule has 0 atom stereocenters. The number of benzene rings is 2. The number of anilines is 1. The molecule has 1 aliphatic rings. The number of nitrogens with zero attached hydrogens (tertiary/aromatic N) is 3. The van der Waals surface area contributed by atoms with E-state index in [9.17, 15) is 9.59 Å². The number of morpholine rings is 1. The Bertz CT molecular complexity index is 1190. The van der Waals surface area contributed by atoms with Crippen molar-refractivity contribution in [2.75, 3.05) is 31.6 Å². The quantitative estimate of drug-likeness (QED) is 0.567. The van der Waals surface area contributed by atoms with Crippen molar-refractivity contribution in [2.24, 2.45) is 0 Å². The summed E-state index contributed by atoms with van der Waals surface area (Å²) >= 11 is 0. The van der Waals surface area contributed by atoms with Crippen LogP contribution in [0.15, 0.2) is 54.6 Å². The number of hydrogen-bond acceptors (Lipinski definition) is 4. The fourth-order valence-corrected chi connectivity index (χ4v) is 3.96. The molecule has 1 aromatic heterocycles. The van der Waals surface area contributed by atoms with E-state index >= 15 is 0 Å². The van der Waals surface area contributed by atoms with Gasteiger partial charge in [-0.05, 0) is 56.7 Å². The number of nitrogens with one attached hydrogen (secondary N) is 1. The Kier molecular flexibility index (Phi) is 7.23. The Balaban J connectivity index is 1.37. The van der Waals surface area contributed by atoms with Crippen LogP contribution in [0.5, 0.6) is 0 Å². The molecule has 2 amide bonds. The third-order valence-corrected chi connectivity index (χ3v) is 5.99. The van der Waals surface area contributed by atoms with Gasteiger partial charge in [-0.25, -0.2) is 0 Å². The van der Waals surface area contributed by atoms with Crippen LogP contribution in [-0.4, -0.2) is 52.8 Å². The second-order valence-electron chi connectivity index (χ2n) is 8.53. The minimum absolute atomic E-state index is 0.0188. The smallest absolute Gasteiger partial charge is 0.254 e. The van der Waals surface area contributed by atoms with E-state index in [2.05, 4.69) is 41.6 Å². The Morgan fingerprint density at radius 3 is 2.35 bits per heavy atom. The second-order valence-corrected chi connectivity index (χ2v) is 8.53. The lowest BCUT2D eigenvalue weighted by Crippen LogP contribution is -2.40. The first-order valence-electron chi connectivity index (χ1n) is 11.5. The van der Waals surface area contributed by atoms with Gasteiger partial charge in [0.05, 0.1) is 25.5 Å². The molecule has 1 aliphatic heterocycles. The van der Waals surface area contributed by atoms with E-state index in [1.165, 1.54) is 17.2 Å². The highest BCUT2D eigenvalue weighted by molar-refractivity contribution is 6.02. The molecule has 0 saturated carbocycles. The van der Waals surface area contributed by atoms with Crippen molar-refractivity contribution in [2.45, 2.75) is 27.3 Å². The zero-order valence-electron chi connectivity index (χ0n) is 19.9. The molecular weight excluding hydrogens is 428 g/mol. The normalized spacial score (nSPS) is 13.9. The van der Waals surface area contributed by atoms with Gasteiger partial charge in [-0.1, -0.05) is 29.8 Å². The molecule has 1 N–H and O–H groups in total. The van der Waals surface area contributed by atoms with Crippen LogP contribution < -0.4 is 5.32 Å². The summed E-state index contributed by atoms with van der Waals surface area (Å²) in [4.78, 5) is 26.8. The van der Waals surface area contributed by atoms with E-state index in [4.69, 9.17) is 4.74 Å². The summed E-state index contributed by atoms with van der Waals surface area (Å²) in [5.74, 6) is -0.257. The van der Waals surface area contributed by atoms with Crippen LogP contribution in [-0.2, 0) is 16.1 Å². The molecule has 0 radical (unpaired) electrons. The van der Waals surface area contributed by atoms with Gasteiger partial charge >= 0.3 is 0 Å². The van der Waals surface area contributed by atoms with Crippen LogP contribution in [0.4, 0.5) is 5.69 Å². The van der Waals surface area contributed by atoms with Crippen molar-refractivity contribution in [3.05, 3.63) is 88.2 Å². The first-order valence-corrected chi connectivity index (χ1v) is 11.5. The average Bonchev–Trinajstić information content (AvgIpc) is 3.11. The molecule has 1 fully saturated rings. The number of amides is 2. The fourth-order valence-electron chi connectivity index (χ4n) is 3.96. The first-order chi connectivity index (χ1) is 16.4. The summed E-state index contributed by atoms with van der Waals surface area (Å²) in [6.45, 7) is 9.04. The summed E-state index contributed by atoms with van der Waals surface area (Å²) in [6.07, 6.45) is 3.31. The third kappa shape index (κ3) is 5.61. The van der Waals surface area contributed by atoms with E-state index in [0.29, 0.717) is 44.1 Å². The highest BCUT2D eigenvalue weighted by Crippen LogP contribution is 2.18. The maximum atomic E-state index is 12.6.